The van der Waals surface area contributed by atoms with E-state index in [0.717, 1.165) is 96.3 Å². The summed E-state index contributed by atoms with van der Waals surface area (Å²) in [5.41, 5.74) is 0. The van der Waals surface area contributed by atoms with Gasteiger partial charge in [-0.3, -0.25) is 9.59 Å². The molecule has 6 N–H and O–H groups in total. The van der Waals surface area contributed by atoms with Gasteiger partial charge in [-0.2, -0.15) is 0 Å². The third-order valence-electron chi connectivity index (χ3n) is 16.6. The van der Waals surface area contributed by atoms with Crippen molar-refractivity contribution < 1.29 is 49.3 Å². The van der Waals surface area contributed by atoms with E-state index >= 15 is 0 Å². The Morgan fingerprint density at radius 1 is 0.459 bits per heavy atom. The molecule has 494 valence electrons. The molecule has 0 saturated carbocycles. The van der Waals surface area contributed by atoms with E-state index in [1.165, 1.54) is 180 Å². The van der Waals surface area contributed by atoms with Crippen molar-refractivity contribution in [2.75, 3.05) is 13.2 Å². The number of carbonyl (C=O) groups is 2. The summed E-state index contributed by atoms with van der Waals surface area (Å²) < 4.78 is 17.7. The predicted octanol–water partition coefficient (Wildman–Crippen LogP) is 18.3. The molecule has 85 heavy (non-hydrogen) atoms. The Balaban J connectivity index is 2.57. The number of esters is 1. The second-order valence-corrected chi connectivity index (χ2v) is 24.6. The molecule has 1 aliphatic rings. The largest absolute Gasteiger partial charge is 0.454 e. The fourth-order valence-electron chi connectivity index (χ4n) is 10.9. The molecule has 1 rings (SSSR count). The van der Waals surface area contributed by atoms with Crippen LogP contribution in [0, 0.1) is 0 Å². The summed E-state index contributed by atoms with van der Waals surface area (Å²) >= 11 is 0. The number of hydrogen-bond acceptors (Lipinski definition) is 10. The van der Waals surface area contributed by atoms with Crippen LogP contribution < -0.4 is 5.32 Å². The van der Waals surface area contributed by atoms with Crippen molar-refractivity contribution >= 4 is 11.9 Å². The number of rotatable bonds is 61. The van der Waals surface area contributed by atoms with Crippen LogP contribution in [0.5, 0.6) is 0 Å². The van der Waals surface area contributed by atoms with Crippen LogP contribution >= 0.6 is 0 Å². The summed E-state index contributed by atoms with van der Waals surface area (Å²) in [5, 5.41) is 57.2. The van der Waals surface area contributed by atoms with Crippen LogP contribution in [0.25, 0.3) is 0 Å². The number of unbranched alkanes of at least 4 members (excludes halogenated alkanes) is 37. The Bertz CT molecular complexity index is 1660. The zero-order chi connectivity index (χ0) is 61.7. The van der Waals surface area contributed by atoms with Gasteiger partial charge >= 0.3 is 5.97 Å². The molecule has 1 fully saturated rings. The fraction of sp³-hybridized carbons (Fsp3) is 0.811. The summed E-state index contributed by atoms with van der Waals surface area (Å²) in [4.78, 5) is 26.7. The summed E-state index contributed by atoms with van der Waals surface area (Å²) in [6.07, 6.45) is 69.4. The number of ether oxygens (including phenoxy) is 3. The van der Waals surface area contributed by atoms with Crippen molar-refractivity contribution in [3.8, 4) is 0 Å². The Hall–Kier alpha value is -2.90. The van der Waals surface area contributed by atoms with Crippen molar-refractivity contribution in [2.45, 2.75) is 372 Å². The van der Waals surface area contributed by atoms with Gasteiger partial charge in [0.05, 0.1) is 25.4 Å². The van der Waals surface area contributed by atoms with Gasteiger partial charge in [-0.05, 0) is 96.3 Å². The highest BCUT2D eigenvalue weighted by atomic mass is 16.7. The fourth-order valence-corrected chi connectivity index (χ4v) is 10.9. The molecule has 8 unspecified atom stereocenters. The van der Waals surface area contributed by atoms with Crippen LogP contribution in [0.2, 0.25) is 0 Å². The molecule has 0 aromatic rings. The highest BCUT2D eigenvalue weighted by Crippen LogP contribution is 2.26. The maximum absolute atomic E-state index is 13.5. The molecule has 1 amide bonds. The number of aliphatic hydroxyl groups is 5. The maximum Gasteiger partial charge on any atom is 0.306 e. The third-order valence-corrected chi connectivity index (χ3v) is 16.6. The molecule has 0 spiro atoms. The minimum atomic E-state index is -1.62. The molecule has 8 atom stereocenters. The molecule has 0 bridgehead atoms. The first kappa shape index (κ1) is 80.1. The zero-order valence-corrected chi connectivity index (χ0v) is 55.0. The van der Waals surface area contributed by atoms with E-state index in [0.29, 0.717) is 12.8 Å². The summed E-state index contributed by atoms with van der Waals surface area (Å²) in [6.45, 7) is 5.78. The quantitative estimate of drug-likeness (QED) is 0.0195. The van der Waals surface area contributed by atoms with Crippen molar-refractivity contribution in [3.63, 3.8) is 0 Å². The van der Waals surface area contributed by atoms with Gasteiger partial charge in [0.25, 0.3) is 0 Å². The second-order valence-electron chi connectivity index (χ2n) is 24.6. The molecule has 0 aromatic carbocycles. The number of nitrogens with one attached hydrogen (secondary N) is 1. The number of amides is 1. The van der Waals surface area contributed by atoms with Crippen molar-refractivity contribution in [1.29, 1.82) is 0 Å². The molecule has 1 heterocycles. The van der Waals surface area contributed by atoms with Gasteiger partial charge in [-0.1, -0.05) is 293 Å². The van der Waals surface area contributed by atoms with Crippen LogP contribution in [0.3, 0.4) is 0 Å². The molecule has 1 aliphatic heterocycles. The lowest BCUT2D eigenvalue weighted by Gasteiger charge is -2.41. The van der Waals surface area contributed by atoms with Crippen LogP contribution in [0.4, 0.5) is 0 Å². The minimum absolute atomic E-state index is 0.122. The Morgan fingerprint density at radius 3 is 1.25 bits per heavy atom. The molecule has 1 saturated heterocycles. The van der Waals surface area contributed by atoms with Crippen LogP contribution in [-0.2, 0) is 23.8 Å². The molecular formula is C74H133NO10. The topological polar surface area (TPSA) is 175 Å². The SMILES string of the molecule is CCCCC/C=C\C/C=C\C/C=C\C/C=C\CCCCCCCCC(O)C(=O)NC(COC1OC(CO)C(O)C(O)C1OC(=O)CCCCCCCCCCCCCCC/C=C/CCCCCCCC)C(O)/C=C/CCCCCCCCCCC. The lowest BCUT2D eigenvalue weighted by atomic mass is 9.99. The smallest absolute Gasteiger partial charge is 0.306 e. The van der Waals surface area contributed by atoms with E-state index in [4.69, 9.17) is 14.2 Å². The first-order valence-corrected chi connectivity index (χ1v) is 35.7. The van der Waals surface area contributed by atoms with Crippen LogP contribution in [0.1, 0.15) is 323 Å². The first-order chi connectivity index (χ1) is 41.7. The van der Waals surface area contributed by atoms with Crippen LogP contribution in [0.15, 0.2) is 72.9 Å². The lowest BCUT2D eigenvalue weighted by Crippen LogP contribution is -2.61. The summed E-state index contributed by atoms with van der Waals surface area (Å²) in [5.74, 6) is -1.20. The number of hydrogen-bond donors (Lipinski definition) is 6. The molecule has 11 heteroatoms. The van der Waals surface area contributed by atoms with Crippen molar-refractivity contribution in [2.24, 2.45) is 0 Å². The highest BCUT2D eigenvalue weighted by Gasteiger charge is 2.47. The Morgan fingerprint density at radius 2 is 0.812 bits per heavy atom. The second kappa shape index (κ2) is 61.3. The van der Waals surface area contributed by atoms with E-state index in [1.54, 1.807) is 6.08 Å². The average Bonchev–Trinajstić information content (AvgIpc) is 3.63. The monoisotopic (exact) mass is 1200 g/mol. The summed E-state index contributed by atoms with van der Waals surface area (Å²) in [7, 11) is 0. The van der Waals surface area contributed by atoms with Gasteiger partial charge in [-0.25, -0.2) is 0 Å². The molecular weight excluding hydrogens is 1060 g/mol. The number of aliphatic hydroxyl groups excluding tert-OH is 5. The van der Waals surface area contributed by atoms with E-state index in [1.807, 2.05) is 6.08 Å². The molecule has 0 aliphatic carbocycles. The van der Waals surface area contributed by atoms with Gasteiger partial charge in [0.2, 0.25) is 5.91 Å². The normalized spacial score (nSPS) is 18.8. The van der Waals surface area contributed by atoms with E-state index in [-0.39, 0.29) is 19.4 Å². The summed E-state index contributed by atoms with van der Waals surface area (Å²) in [6, 6.07) is -1.03. The Kier molecular flexibility index (Phi) is 57.8. The van der Waals surface area contributed by atoms with Gasteiger partial charge in [0, 0.05) is 6.42 Å². The maximum atomic E-state index is 13.5. The number of carbonyl (C=O) groups excluding carboxylic acids is 2. The molecule has 0 aromatic heterocycles. The Labute approximate surface area is 521 Å². The van der Waals surface area contributed by atoms with Crippen molar-refractivity contribution in [3.05, 3.63) is 72.9 Å². The van der Waals surface area contributed by atoms with Crippen LogP contribution in [-0.4, -0.2) is 99.6 Å². The minimum Gasteiger partial charge on any atom is -0.454 e. The predicted molar refractivity (Wildman–Crippen MR) is 356 cm³/mol. The molecule has 0 radical (unpaired) electrons. The van der Waals surface area contributed by atoms with E-state index in [9.17, 15) is 35.1 Å². The van der Waals surface area contributed by atoms with Crippen molar-refractivity contribution in [1.82, 2.24) is 5.32 Å². The third kappa shape index (κ3) is 48.7. The number of allylic oxidation sites excluding steroid dienone is 11. The van der Waals surface area contributed by atoms with Gasteiger partial charge in [0.15, 0.2) is 12.4 Å². The standard InChI is InChI=1S/C74H133NO10/c1-4-7-10-13-16-19-22-24-26-28-30-32-34-36-38-40-42-44-47-50-53-56-59-62-69(79)85-72-71(81)70(80)68(63-76)84-74(72)83-64-65(66(77)60-57-54-51-48-45-21-18-15-12-9-6-3)75-73(82)67(78)61-58-55-52-49-46-43-41-39-37-35-33-31-29-27-25-23-20-17-14-11-8-5-2/h17,20,24-27,31,33,37,39,57,60,65-68,70-72,74,76-78,80-81H,4-16,18-19,21-23,28-30,32,34-36,38,40-56,58-59,61-64H2,1-3H3,(H,75,82)/b20-17-,26-24+,27-25-,33-31-,39-37-,60-57+. The average molecular weight is 1200 g/mol. The first-order valence-electron chi connectivity index (χ1n) is 35.7. The van der Waals surface area contributed by atoms with Gasteiger partial charge in [-0.15, -0.1) is 0 Å². The van der Waals surface area contributed by atoms with E-state index < -0.39 is 67.4 Å². The van der Waals surface area contributed by atoms with Gasteiger partial charge < -0.3 is 45.1 Å². The van der Waals surface area contributed by atoms with Gasteiger partial charge in [0.1, 0.15) is 24.4 Å². The highest BCUT2D eigenvalue weighted by molar-refractivity contribution is 5.80. The zero-order valence-electron chi connectivity index (χ0n) is 55.0. The molecule has 11 nitrogen and oxygen atoms in total. The lowest BCUT2D eigenvalue weighted by molar-refractivity contribution is -0.305. The van der Waals surface area contributed by atoms with E-state index in [2.05, 4.69) is 86.8 Å².